The first-order valence-corrected chi connectivity index (χ1v) is 9.00. The Kier molecular flexibility index (Phi) is 3.68. The Morgan fingerprint density at radius 3 is 2.48 bits per heavy atom. The highest BCUT2D eigenvalue weighted by molar-refractivity contribution is 5.99. The van der Waals surface area contributed by atoms with Gasteiger partial charge in [-0.25, -0.2) is 0 Å². The molecule has 0 spiro atoms. The second-order valence-electron chi connectivity index (χ2n) is 6.70. The quantitative estimate of drug-likeness (QED) is 0.587. The molecule has 0 atom stereocenters. The van der Waals surface area contributed by atoms with Crippen molar-refractivity contribution in [3.63, 3.8) is 0 Å². The van der Waals surface area contributed by atoms with Gasteiger partial charge in [-0.15, -0.1) is 0 Å². The number of hydrogen-bond acceptors (Lipinski definition) is 3. The fourth-order valence-corrected chi connectivity index (χ4v) is 3.72. The average molecular weight is 351 g/mol. The van der Waals surface area contributed by atoms with Crippen molar-refractivity contribution in [2.75, 3.05) is 6.54 Å². The first-order chi connectivity index (χ1) is 13.3. The number of fused-ring (bicyclic) bond motifs is 2. The highest BCUT2D eigenvalue weighted by atomic mass is 16.1. The maximum Gasteiger partial charge on any atom is 0.251 e. The molecule has 1 amide bonds. The van der Waals surface area contributed by atoms with Crippen molar-refractivity contribution in [1.29, 1.82) is 0 Å². The summed E-state index contributed by atoms with van der Waals surface area (Å²) < 4.78 is 0. The minimum Gasteiger partial charge on any atom is -0.352 e. The molecule has 4 nitrogen and oxygen atoms in total. The van der Waals surface area contributed by atoms with Gasteiger partial charge in [-0.05, 0) is 70.6 Å². The third-order valence-corrected chi connectivity index (χ3v) is 5.10. The van der Waals surface area contributed by atoms with E-state index in [2.05, 4.69) is 39.6 Å². The van der Waals surface area contributed by atoms with Gasteiger partial charge in [0.15, 0.2) is 0 Å². The van der Waals surface area contributed by atoms with Gasteiger partial charge in [-0.2, -0.15) is 0 Å². The molecule has 5 rings (SSSR count). The Morgan fingerprint density at radius 2 is 1.59 bits per heavy atom. The largest absolute Gasteiger partial charge is 0.352 e. The normalized spacial score (nSPS) is 13.3. The first kappa shape index (κ1) is 15.7. The Balaban J connectivity index is 1.66. The molecule has 2 aromatic carbocycles. The van der Waals surface area contributed by atoms with Gasteiger partial charge in [0.05, 0.1) is 5.52 Å². The topological polar surface area (TPSA) is 54.9 Å². The van der Waals surface area contributed by atoms with Gasteiger partial charge in [0.2, 0.25) is 0 Å². The van der Waals surface area contributed by atoms with E-state index in [9.17, 15) is 4.79 Å². The molecule has 4 aromatic rings. The summed E-state index contributed by atoms with van der Waals surface area (Å²) >= 11 is 0. The number of carbonyl (C=O) groups is 1. The maximum atomic E-state index is 12.0. The van der Waals surface area contributed by atoms with E-state index in [-0.39, 0.29) is 5.91 Å². The predicted octanol–water partition coefficient (Wildman–Crippen LogP) is 4.25. The minimum atomic E-state index is 0.0190. The third-order valence-electron chi connectivity index (χ3n) is 5.10. The lowest BCUT2D eigenvalue weighted by molar-refractivity contribution is 0.0946. The number of nitrogens with one attached hydrogen (secondary N) is 1. The number of aromatic nitrogens is 2. The monoisotopic (exact) mass is 351 g/mol. The van der Waals surface area contributed by atoms with E-state index in [0.29, 0.717) is 6.54 Å². The van der Waals surface area contributed by atoms with Gasteiger partial charge in [0.25, 0.3) is 5.91 Å². The predicted molar refractivity (Wildman–Crippen MR) is 106 cm³/mol. The summed E-state index contributed by atoms with van der Waals surface area (Å²) in [6.45, 7) is 0.698. The molecular formula is C23H17N3O. The van der Waals surface area contributed by atoms with Gasteiger partial charge in [-0.3, -0.25) is 14.8 Å². The molecule has 1 aliphatic rings. The third kappa shape index (κ3) is 2.75. The lowest BCUT2D eigenvalue weighted by Crippen LogP contribution is -2.31. The molecule has 27 heavy (non-hydrogen) atoms. The molecule has 0 saturated carbocycles. The molecule has 0 radical (unpaired) electrons. The van der Waals surface area contributed by atoms with E-state index in [1.54, 1.807) is 12.4 Å². The van der Waals surface area contributed by atoms with Crippen molar-refractivity contribution >= 4 is 16.8 Å². The van der Waals surface area contributed by atoms with Crippen LogP contribution in [0.15, 0.2) is 73.2 Å². The van der Waals surface area contributed by atoms with Crippen molar-refractivity contribution in [2.24, 2.45) is 0 Å². The van der Waals surface area contributed by atoms with Gasteiger partial charge in [-0.1, -0.05) is 18.2 Å². The summed E-state index contributed by atoms with van der Waals surface area (Å²) in [5, 5.41) is 4.00. The van der Waals surface area contributed by atoms with E-state index in [1.165, 1.54) is 0 Å². The van der Waals surface area contributed by atoms with E-state index in [0.717, 1.165) is 50.7 Å². The molecule has 0 unspecified atom stereocenters. The molecular weight excluding hydrogens is 334 g/mol. The second kappa shape index (κ2) is 6.32. The summed E-state index contributed by atoms with van der Waals surface area (Å²) in [4.78, 5) is 20.6. The summed E-state index contributed by atoms with van der Waals surface area (Å²) in [5.74, 6) is 0.0190. The van der Waals surface area contributed by atoms with Crippen LogP contribution in [0.2, 0.25) is 0 Å². The van der Waals surface area contributed by atoms with E-state index < -0.39 is 0 Å². The number of rotatable bonds is 2. The van der Waals surface area contributed by atoms with Crippen LogP contribution in [-0.4, -0.2) is 22.4 Å². The SMILES string of the molecule is O=C1NCCc2cc(-c3ccc4nccc(-c5ccncc5)c4c3)ccc21. The van der Waals surface area contributed by atoms with Gasteiger partial charge >= 0.3 is 0 Å². The fraction of sp³-hybridized carbons (Fsp3) is 0.0870. The zero-order valence-corrected chi connectivity index (χ0v) is 14.6. The highest BCUT2D eigenvalue weighted by Gasteiger charge is 2.17. The summed E-state index contributed by atoms with van der Waals surface area (Å²) in [6.07, 6.45) is 6.32. The number of hydrogen-bond donors (Lipinski definition) is 1. The van der Waals surface area contributed by atoms with E-state index in [4.69, 9.17) is 0 Å². The molecule has 0 saturated heterocycles. The van der Waals surface area contributed by atoms with Crippen LogP contribution in [0.3, 0.4) is 0 Å². The molecule has 1 aliphatic heterocycles. The highest BCUT2D eigenvalue weighted by Crippen LogP contribution is 2.32. The van der Waals surface area contributed by atoms with Crippen LogP contribution in [-0.2, 0) is 6.42 Å². The lowest BCUT2D eigenvalue weighted by atomic mass is 9.93. The van der Waals surface area contributed by atoms with Gasteiger partial charge in [0, 0.05) is 36.1 Å². The second-order valence-corrected chi connectivity index (χ2v) is 6.70. The van der Waals surface area contributed by atoms with Crippen molar-refractivity contribution in [2.45, 2.75) is 6.42 Å². The van der Waals surface area contributed by atoms with Gasteiger partial charge < -0.3 is 5.32 Å². The molecule has 0 aliphatic carbocycles. The van der Waals surface area contributed by atoms with Crippen LogP contribution in [0.4, 0.5) is 0 Å². The average Bonchev–Trinajstić information content (AvgIpc) is 2.73. The van der Waals surface area contributed by atoms with Crippen LogP contribution in [0, 0.1) is 0 Å². The summed E-state index contributed by atoms with van der Waals surface area (Å²) in [6, 6.07) is 18.5. The Morgan fingerprint density at radius 1 is 0.778 bits per heavy atom. The Bertz CT molecular complexity index is 1170. The fourth-order valence-electron chi connectivity index (χ4n) is 3.72. The van der Waals surface area contributed by atoms with Crippen molar-refractivity contribution in [1.82, 2.24) is 15.3 Å². The molecule has 130 valence electrons. The molecule has 1 N–H and O–H groups in total. The molecule has 2 aromatic heterocycles. The van der Waals surface area contributed by atoms with E-state index >= 15 is 0 Å². The molecule has 4 heteroatoms. The molecule has 3 heterocycles. The zero-order valence-electron chi connectivity index (χ0n) is 14.6. The van der Waals surface area contributed by atoms with Crippen LogP contribution in [0.25, 0.3) is 33.2 Å². The van der Waals surface area contributed by atoms with Crippen LogP contribution < -0.4 is 5.32 Å². The Labute approximate surface area is 156 Å². The number of nitrogens with zero attached hydrogens (tertiary/aromatic N) is 2. The van der Waals surface area contributed by atoms with E-state index in [1.807, 2.05) is 36.5 Å². The minimum absolute atomic E-state index is 0.0190. The van der Waals surface area contributed by atoms with Crippen molar-refractivity contribution in [3.8, 4) is 22.3 Å². The van der Waals surface area contributed by atoms with Gasteiger partial charge in [0.1, 0.15) is 0 Å². The van der Waals surface area contributed by atoms with Crippen molar-refractivity contribution in [3.05, 3.63) is 84.3 Å². The first-order valence-electron chi connectivity index (χ1n) is 9.00. The molecule has 0 fully saturated rings. The smallest absolute Gasteiger partial charge is 0.251 e. The number of benzene rings is 2. The number of carbonyl (C=O) groups excluding carboxylic acids is 1. The number of amides is 1. The van der Waals surface area contributed by atoms with Crippen LogP contribution in [0.5, 0.6) is 0 Å². The van der Waals surface area contributed by atoms with Crippen LogP contribution in [0.1, 0.15) is 15.9 Å². The zero-order chi connectivity index (χ0) is 18.2. The standard InChI is InChI=1S/C23H17N3O/c27-23-20-3-1-16(13-18(20)7-11-26-23)17-2-4-22-21(14-17)19(8-12-25-22)15-5-9-24-10-6-15/h1-6,8-10,12-14H,7,11H2,(H,26,27). The summed E-state index contributed by atoms with van der Waals surface area (Å²) in [5.41, 5.74) is 7.36. The maximum absolute atomic E-state index is 12.0. The molecule has 0 bridgehead atoms. The summed E-state index contributed by atoms with van der Waals surface area (Å²) in [7, 11) is 0. The van der Waals surface area contributed by atoms with Crippen LogP contribution >= 0.6 is 0 Å². The van der Waals surface area contributed by atoms with Crippen molar-refractivity contribution < 1.29 is 4.79 Å². The Hall–Kier alpha value is -3.53. The number of pyridine rings is 2. The lowest BCUT2D eigenvalue weighted by Gasteiger charge is -2.17.